The van der Waals surface area contributed by atoms with Crippen molar-refractivity contribution in [1.82, 2.24) is 14.3 Å². The molecule has 0 aliphatic carbocycles. The second-order valence-corrected chi connectivity index (χ2v) is 7.34. The molecule has 0 radical (unpaired) electrons. The summed E-state index contributed by atoms with van der Waals surface area (Å²) in [6, 6.07) is 19.2. The van der Waals surface area contributed by atoms with Gasteiger partial charge in [-0.3, -0.25) is 9.59 Å². The quantitative estimate of drug-likeness (QED) is 0.493. The number of para-hydroxylation sites is 2. The van der Waals surface area contributed by atoms with Crippen LogP contribution < -0.4 is 10.3 Å². The Morgan fingerprint density at radius 3 is 1.94 bits per heavy atom. The predicted octanol–water partition coefficient (Wildman–Crippen LogP) is 4.22. The van der Waals surface area contributed by atoms with Gasteiger partial charge < -0.3 is 9.64 Å². The van der Waals surface area contributed by atoms with E-state index in [0.29, 0.717) is 31.0 Å². The number of aromatic nitrogens is 2. The first kappa shape index (κ1) is 22.4. The molecule has 0 bridgehead atoms. The molecule has 1 amide bonds. The molecular formula is C25H31N3O3. The van der Waals surface area contributed by atoms with Gasteiger partial charge in [-0.1, -0.05) is 49.7 Å². The number of carbonyl (C=O) groups is 1. The SMILES string of the molecule is CCCCc1c(OCC(=O)N(CC)CC)n(-c2ccccc2)n(-c2ccccc2)c1=O. The number of ether oxygens (including phenoxy) is 1. The third-order valence-corrected chi connectivity index (χ3v) is 5.33. The summed E-state index contributed by atoms with van der Waals surface area (Å²) in [6.45, 7) is 7.12. The number of likely N-dealkylation sites (N-methyl/N-ethyl adjacent to an activating group) is 1. The van der Waals surface area contributed by atoms with Gasteiger partial charge in [-0.2, -0.15) is 0 Å². The first-order chi connectivity index (χ1) is 15.1. The average Bonchev–Trinajstić information content (AvgIpc) is 3.09. The fourth-order valence-corrected chi connectivity index (χ4v) is 3.65. The summed E-state index contributed by atoms with van der Waals surface area (Å²) >= 11 is 0. The number of benzene rings is 2. The third kappa shape index (κ3) is 4.90. The molecule has 6 heteroatoms. The molecule has 164 valence electrons. The van der Waals surface area contributed by atoms with Gasteiger partial charge >= 0.3 is 0 Å². The van der Waals surface area contributed by atoms with E-state index in [4.69, 9.17) is 4.74 Å². The molecule has 0 spiro atoms. The van der Waals surface area contributed by atoms with Crippen LogP contribution in [0.5, 0.6) is 5.88 Å². The van der Waals surface area contributed by atoms with Crippen LogP contribution in [0.25, 0.3) is 11.4 Å². The second-order valence-electron chi connectivity index (χ2n) is 7.34. The van der Waals surface area contributed by atoms with Crippen LogP contribution in [-0.4, -0.2) is 39.9 Å². The molecule has 1 heterocycles. The Balaban J connectivity index is 2.16. The maximum Gasteiger partial charge on any atom is 0.278 e. The van der Waals surface area contributed by atoms with Gasteiger partial charge in [0.15, 0.2) is 6.61 Å². The maximum atomic E-state index is 13.5. The molecule has 0 atom stereocenters. The zero-order valence-corrected chi connectivity index (χ0v) is 18.6. The Hall–Kier alpha value is -3.28. The second kappa shape index (κ2) is 10.7. The van der Waals surface area contributed by atoms with E-state index < -0.39 is 0 Å². The number of hydrogen-bond acceptors (Lipinski definition) is 3. The lowest BCUT2D eigenvalue weighted by Gasteiger charge is -2.20. The fourth-order valence-electron chi connectivity index (χ4n) is 3.65. The van der Waals surface area contributed by atoms with Crippen molar-refractivity contribution in [3.05, 3.63) is 76.6 Å². The minimum atomic E-state index is -0.117. The van der Waals surface area contributed by atoms with Crippen LogP contribution in [0.4, 0.5) is 0 Å². The van der Waals surface area contributed by atoms with Gasteiger partial charge in [0.05, 0.1) is 16.9 Å². The molecule has 6 nitrogen and oxygen atoms in total. The Morgan fingerprint density at radius 1 is 0.871 bits per heavy atom. The summed E-state index contributed by atoms with van der Waals surface area (Å²) in [4.78, 5) is 27.9. The Bertz CT molecular complexity index is 1040. The average molecular weight is 422 g/mol. The Morgan fingerprint density at radius 2 is 1.42 bits per heavy atom. The molecular weight excluding hydrogens is 390 g/mol. The van der Waals surface area contributed by atoms with Crippen LogP contribution in [0.15, 0.2) is 65.5 Å². The summed E-state index contributed by atoms with van der Waals surface area (Å²) in [7, 11) is 0. The van der Waals surface area contributed by atoms with Crippen molar-refractivity contribution < 1.29 is 9.53 Å². The van der Waals surface area contributed by atoms with Gasteiger partial charge in [0.25, 0.3) is 11.5 Å². The molecule has 0 saturated heterocycles. The molecule has 0 N–H and O–H groups in total. The lowest BCUT2D eigenvalue weighted by atomic mass is 10.1. The van der Waals surface area contributed by atoms with Crippen LogP contribution >= 0.6 is 0 Å². The van der Waals surface area contributed by atoms with E-state index >= 15 is 0 Å². The van der Waals surface area contributed by atoms with Crippen LogP contribution in [0.2, 0.25) is 0 Å². The summed E-state index contributed by atoms with van der Waals surface area (Å²) in [5, 5.41) is 0. The molecule has 0 unspecified atom stereocenters. The molecule has 2 aromatic carbocycles. The Labute approximate surface area is 183 Å². The molecule has 0 aliphatic heterocycles. The third-order valence-electron chi connectivity index (χ3n) is 5.33. The van der Waals surface area contributed by atoms with Crippen molar-refractivity contribution in [1.29, 1.82) is 0 Å². The normalized spacial score (nSPS) is 10.8. The highest BCUT2D eigenvalue weighted by atomic mass is 16.5. The van der Waals surface area contributed by atoms with Crippen LogP contribution in [0, 0.1) is 0 Å². The topological polar surface area (TPSA) is 56.5 Å². The fraction of sp³-hybridized carbons (Fsp3) is 0.360. The van der Waals surface area contributed by atoms with Crippen molar-refractivity contribution in [2.24, 2.45) is 0 Å². The van der Waals surface area contributed by atoms with Gasteiger partial charge in [0.1, 0.15) is 0 Å². The van der Waals surface area contributed by atoms with Gasteiger partial charge in [-0.05, 0) is 51.0 Å². The van der Waals surface area contributed by atoms with Crippen molar-refractivity contribution in [2.45, 2.75) is 40.0 Å². The van der Waals surface area contributed by atoms with E-state index in [9.17, 15) is 9.59 Å². The summed E-state index contributed by atoms with van der Waals surface area (Å²) in [5.74, 6) is 0.347. The zero-order valence-electron chi connectivity index (χ0n) is 18.6. The van der Waals surface area contributed by atoms with Crippen molar-refractivity contribution in [3.63, 3.8) is 0 Å². The number of nitrogens with zero attached hydrogens (tertiary/aromatic N) is 3. The van der Waals surface area contributed by atoms with E-state index in [1.54, 1.807) is 14.3 Å². The monoisotopic (exact) mass is 421 g/mol. The molecule has 3 rings (SSSR count). The van der Waals surface area contributed by atoms with Crippen molar-refractivity contribution in [3.8, 4) is 17.3 Å². The molecule has 3 aromatic rings. The van der Waals surface area contributed by atoms with E-state index in [2.05, 4.69) is 6.92 Å². The van der Waals surface area contributed by atoms with E-state index in [1.165, 1.54) is 0 Å². The minimum absolute atomic E-state index is 0.0917. The zero-order chi connectivity index (χ0) is 22.2. The number of rotatable bonds is 10. The minimum Gasteiger partial charge on any atom is -0.467 e. The summed E-state index contributed by atoms with van der Waals surface area (Å²) in [6.07, 6.45) is 2.42. The van der Waals surface area contributed by atoms with Crippen LogP contribution in [0.3, 0.4) is 0 Å². The Kier molecular flexibility index (Phi) is 7.70. The van der Waals surface area contributed by atoms with Gasteiger partial charge in [0.2, 0.25) is 5.88 Å². The first-order valence-electron chi connectivity index (χ1n) is 11.0. The largest absolute Gasteiger partial charge is 0.467 e. The number of unbranched alkanes of at least 4 members (excludes halogenated alkanes) is 1. The van der Waals surface area contributed by atoms with Crippen LogP contribution in [-0.2, 0) is 11.2 Å². The molecule has 0 fully saturated rings. The standard InChI is InChI=1S/C25H31N3O3/c1-4-7-18-22-24(30)27(20-14-10-8-11-15-20)28(21-16-12-9-13-17-21)25(22)31-19-23(29)26(5-2)6-3/h8-17H,4-7,18-19H2,1-3H3. The highest BCUT2D eigenvalue weighted by Crippen LogP contribution is 2.26. The van der Waals surface area contributed by atoms with Crippen LogP contribution in [0.1, 0.15) is 39.2 Å². The van der Waals surface area contributed by atoms with Gasteiger partial charge in [0, 0.05) is 13.1 Å². The van der Waals surface area contributed by atoms with E-state index in [-0.39, 0.29) is 18.1 Å². The molecule has 31 heavy (non-hydrogen) atoms. The highest BCUT2D eigenvalue weighted by Gasteiger charge is 2.24. The van der Waals surface area contributed by atoms with E-state index in [0.717, 1.165) is 24.2 Å². The number of hydrogen-bond donors (Lipinski definition) is 0. The molecule has 0 saturated carbocycles. The summed E-state index contributed by atoms with van der Waals surface area (Å²) < 4.78 is 9.53. The van der Waals surface area contributed by atoms with Gasteiger partial charge in [-0.15, -0.1) is 0 Å². The predicted molar refractivity (Wildman–Crippen MR) is 123 cm³/mol. The maximum absolute atomic E-state index is 13.5. The van der Waals surface area contributed by atoms with Gasteiger partial charge in [-0.25, -0.2) is 9.36 Å². The number of amides is 1. The molecule has 1 aromatic heterocycles. The van der Waals surface area contributed by atoms with Crippen molar-refractivity contribution >= 4 is 5.91 Å². The first-order valence-corrected chi connectivity index (χ1v) is 11.0. The smallest absolute Gasteiger partial charge is 0.278 e. The highest BCUT2D eigenvalue weighted by molar-refractivity contribution is 5.77. The summed E-state index contributed by atoms with van der Waals surface area (Å²) in [5.41, 5.74) is 2.03. The van der Waals surface area contributed by atoms with Crippen molar-refractivity contribution in [2.75, 3.05) is 19.7 Å². The molecule has 0 aliphatic rings. The lowest BCUT2D eigenvalue weighted by Crippen LogP contribution is -2.34. The van der Waals surface area contributed by atoms with E-state index in [1.807, 2.05) is 74.5 Å². The lowest BCUT2D eigenvalue weighted by molar-refractivity contribution is -0.133. The number of carbonyl (C=O) groups excluding carboxylic acids is 1.